The van der Waals surface area contributed by atoms with E-state index in [9.17, 15) is 4.79 Å². The fourth-order valence-corrected chi connectivity index (χ4v) is 4.14. The first-order valence-corrected chi connectivity index (χ1v) is 10.6. The van der Waals surface area contributed by atoms with Crippen molar-refractivity contribution in [3.05, 3.63) is 46.3 Å². The summed E-state index contributed by atoms with van der Waals surface area (Å²) in [4.78, 5) is 18.5. The summed E-state index contributed by atoms with van der Waals surface area (Å²) in [5, 5.41) is 3.75. The maximum Gasteiger partial charge on any atom is 0.263 e. The van der Waals surface area contributed by atoms with E-state index in [1.807, 2.05) is 37.3 Å². The molecule has 0 aliphatic carbocycles. The molecule has 3 rings (SSSR count). The van der Waals surface area contributed by atoms with Gasteiger partial charge in [0.15, 0.2) is 0 Å². The van der Waals surface area contributed by atoms with Gasteiger partial charge in [-0.05, 0) is 36.6 Å². The number of methoxy groups -OCH3 is 1. The van der Waals surface area contributed by atoms with Gasteiger partial charge in [-0.3, -0.25) is 4.79 Å². The van der Waals surface area contributed by atoms with Gasteiger partial charge in [0.2, 0.25) is 5.88 Å². The molecular formula is C22H27N3O3S. The maximum absolute atomic E-state index is 12.7. The van der Waals surface area contributed by atoms with E-state index in [1.54, 1.807) is 7.11 Å². The number of nitrogens with two attached hydrogens (primary N) is 1. The second kappa shape index (κ2) is 9.60. The van der Waals surface area contributed by atoms with Crippen molar-refractivity contribution in [2.75, 3.05) is 19.5 Å². The Hall–Kier alpha value is -2.80. The lowest BCUT2D eigenvalue weighted by molar-refractivity contribution is 0.0956. The molecule has 154 valence electrons. The predicted molar refractivity (Wildman–Crippen MR) is 118 cm³/mol. The van der Waals surface area contributed by atoms with Crippen LogP contribution in [0.2, 0.25) is 0 Å². The molecule has 0 saturated heterocycles. The molecule has 1 aromatic carbocycles. The zero-order valence-corrected chi connectivity index (χ0v) is 17.9. The standard InChI is InChI=1S/C22H27N3O3S/c1-4-5-6-11-28-17-12-14(2)18-19(23)20(29-22(18)25-17)21(26)24-13-15-7-9-16(27-3)10-8-15/h7-10,12H,4-6,11,13,23H2,1-3H3,(H,24,26). The molecule has 2 heterocycles. The number of pyridine rings is 1. The second-order valence-corrected chi connectivity index (χ2v) is 7.89. The van der Waals surface area contributed by atoms with Crippen LogP contribution in [0.25, 0.3) is 10.2 Å². The van der Waals surface area contributed by atoms with Gasteiger partial charge in [-0.2, -0.15) is 0 Å². The number of aryl methyl sites for hydroxylation is 1. The van der Waals surface area contributed by atoms with Gasteiger partial charge in [0, 0.05) is 18.0 Å². The molecule has 0 spiro atoms. The van der Waals surface area contributed by atoms with Crippen LogP contribution in [0.5, 0.6) is 11.6 Å². The normalized spacial score (nSPS) is 10.9. The van der Waals surface area contributed by atoms with Crippen LogP contribution in [0.1, 0.15) is 47.0 Å². The van der Waals surface area contributed by atoms with Gasteiger partial charge in [-0.25, -0.2) is 4.98 Å². The number of ether oxygens (including phenoxy) is 2. The Balaban J connectivity index is 1.73. The van der Waals surface area contributed by atoms with E-state index in [0.717, 1.165) is 46.4 Å². The van der Waals surface area contributed by atoms with Crippen molar-refractivity contribution in [1.82, 2.24) is 10.3 Å². The largest absolute Gasteiger partial charge is 0.497 e. The number of rotatable bonds is 9. The van der Waals surface area contributed by atoms with Crippen molar-refractivity contribution in [2.24, 2.45) is 0 Å². The number of carbonyl (C=O) groups excluding carboxylic acids is 1. The minimum absolute atomic E-state index is 0.203. The Kier molecular flexibility index (Phi) is 6.93. The number of anilines is 1. The number of unbranched alkanes of at least 4 members (excludes halogenated alkanes) is 2. The Bertz CT molecular complexity index is 983. The molecule has 3 N–H and O–H groups in total. The number of nitrogen functional groups attached to an aromatic ring is 1. The molecule has 7 heteroatoms. The van der Waals surface area contributed by atoms with Crippen LogP contribution in [0, 0.1) is 6.92 Å². The SMILES string of the molecule is CCCCCOc1cc(C)c2c(N)c(C(=O)NCc3ccc(OC)cc3)sc2n1. The number of thiophene rings is 1. The van der Waals surface area contributed by atoms with Crippen LogP contribution >= 0.6 is 11.3 Å². The molecular weight excluding hydrogens is 386 g/mol. The van der Waals surface area contributed by atoms with Crippen molar-refractivity contribution in [3.63, 3.8) is 0 Å². The zero-order valence-electron chi connectivity index (χ0n) is 17.1. The Morgan fingerprint density at radius 2 is 2.00 bits per heavy atom. The number of nitrogens with one attached hydrogen (secondary N) is 1. The molecule has 6 nitrogen and oxygen atoms in total. The molecule has 1 amide bonds. The number of benzene rings is 1. The first-order chi connectivity index (χ1) is 14.0. The predicted octanol–water partition coefficient (Wildman–Crippen LogP) is 4.69. The first kappa shape index (κ1) is 20.9. The summed E-state index contributed by atoms with van der Waals surface area (Å²) in [7, 11) is 1.62. The summed E-state index contributed by atoms with van der Waals surface area (Å²) in [6.45, 7) is 5.17. The van der Waals surface area contributed by atoms with Crippen LogP contribution in [-0.2, 0) is 6.54 Å². The minimum atomic E-state index is -0.203. The lowest BCUT2D eigenvalue weighted by Crippen LogP contribution is -2.22. The number of hydrogen-bond donors (Lipinski definition) is 2. The summed E-state index contributed by atoms with van der Waals surface area (Å²) in [6.07, 6.45) is 3.28. The number of carbonyl (C=O) groups is 1. The number of fused-ring (bicyclic) bond motifs is 1. The first-order valence-electron chi connectivity index (χ1n) is 9.77. The molecule has 0 aliphatic rings. The van der Waals surface area contributed by atoms with Crippen molar-refractivity contribution in [3.8, 4) is 11.6 Å². The average molecular weight is 414 g/mol. The third-order valence-corrected chi connectivity index (χ3v) is 5.79. The Morgan fingerprint density at radius 3 is 2.69 bits per heavy atom. The lowest BCUT2D eigenvalue weighted by atomic mass is 10.1. The molecule has 0 unspecified atom stereocenters. The highest BCUT2D eigenvalue weighted by atomic mass is 32.1. The highest BCUT2D eigenvalue weighted by molar-refractivity contribution is 7.21. The molecule has 0 aliphatic heterocycles. The van der Waals surface area contributed by atoms with Crippen LogP contribution in [0.15, 0.2) is 30.3 Å². The Morgan fingerprint density at radius 1 is 1.24 bits per heavy atom. The van der Waals surface area contributed by atoms with Gasteiger partial charge in [-0.15, -0.1) is 11.3 Å². The fourth-order valence-electron chi connectivity index (χ4n) is 3.06. The molecule has 0 fully saturated rings. The van der Waals surface area contributed by atoms with E-state index in [0.29, 0.717) is 29.6 Å². The summed E-state index contributed by atoms with van der Waals surface area (Å²) in [5.74, 6) is 1.16. The lowest BCUT2D eigenvalue weighted by Gasteiger charge is -2.07. The van der Waals surface area contributed by atoms with Crippen LogP contribution in [0.3, 0.4) is 0 Å². The Labute approximate surface area is 175 Å². The van der Waals surface area contributed by atoms with Gasteiger partial charge >= 0.3 is 0 Å². The highest BCUT2D eigenvalue weighted by Crippen LogP contribution is 2.36. The minimum Gasteiger partial charge on any atom is -0.497 e. The molecule has 29 heavy (non-hydrogen) atoms. The molecule has 0 atom stereocenters. The van der Waals surface area contributed by atoms with Crippen molar-refractivity contribution in [2.45, 2.75) is 39.7 Å². The summed E-state index contributed by atoms with van der Waals surface area (Å²) in [5.41, 5.74) is 8.71. The van der Waals surface area contributed by atoms with Crippen molar-refractivity contribution >= 4 is 33.1 Å². The van der Waals surface area contributed by atoms with Gasteiger partial charge < -0.3 is 20.5 Å². The van der Waals surface area contributed by atoms with E-state index in [1.165, 1.54) is 11.3 Å². The number of amides is 1. The third kappa shape index (κ3) is 4.98. The molecule has 2 aromatic heterocycles. The fraction of sp³-hybridized carbons (Fsp3) is 0.364. The second-order valence-electron chi connectivity index (χ2n) is 6.89. The average Bonchev–Trinajstić information content (AvgIpc) is 3.06. The van der Waals surface area contributed by atoms with Crippen LogP contribution < -0.4 is 20.5 Å². The van der Waals surface area contributed by atoms with Gasteiger partial charge in [0.25, 0.3) is 5.91 Å². The van der Waals surface area contributed by atoms with Crippen LogP contribution in [-0.4, -0.2) is 24.6 Å². The maximum atomic E-state index is 12.7. The number of nitrogens with zero attached hydrogens (tertiary/aromatic N) is 1. The zero-order chi connectivity index (χ0) is 20.8. The van der Waals surface area contributed by atoms with Crippen molar-refractivity contribution in [1.29, 1.82) is 0 Å². The topological polar surface area (TPSA) is 86.5 Å². The van der Waals surface area contributed by atoms with E-state index < -0.39 is 0 Å². The van der Waals surface area contributed by atoms with Crippen molar-refractivity contribution < 1.29 is 14.3 Å². The number of hydrogen-bond acceptors (Lipinski definition) is 6. The summed E-state index contributed by atoms with van der Waals surface area (Å²) in [6, 6.07) is 9.45. The smallest absolute Gasteiger partial charge is 0.263 e. The third-order valence-electron chi connectivity index (χ3n) is 4.69. The quantitative estimate of drug-likeness (QED) is 0.497. The summed E-state index contributed by atoms with van der Waals surface area (Å²) >= 11 is 1.30. The molecule has 0 bridgehead atoms. The monoisotopic (exact) mass is 413 g/mol. The van der Waals surface area contributed by atoms with Gasteiger partial charge in [0.1, 0.15) is 15.5 Å². The number of aromatic nitrogens is 1. The van der Waals surface area contributed by atoms with Gasteiger partial charge in [0.05, 0.1) is 19.4 Å². The highest BCUT2D eigenvalue weighted by Gasteiger charge is 2.19. The molecule has 0 radical (unpaired) electrons. The molecule has 0 saturated carbocycles. The van der Waals surface area contributed by atoms with E-state index >= 15 is 0 Å². The molecule has 3 aromatic rings. The van der Waals surface area contributed by atoms with E-state index in [4.69, 9.17) is 15.2 Å². The van der Waals surface area contributed by atoms with E-state index in [2.05, 4.69) is 17.2 Å². The van der Waals surface area contributed by atoms with E-state index in [-0.39, 0.29) is 5.91 Å². The van der Waals surface area contributed by atoms with Crippen LogP contribution in [0.4, 0.5) is 5.69 Å². The summed E-state index contributed by atoms with van der Waals surface area (Å²) < 4.78 is 10.9. The van der Waals surface area contributed by atoms with Gasteiger partial charge in [-0.1, -0.05) is 31.9 Å².